The molecule has 90 valence electrons. The van der Waals surface area contributed by atoms with Gasteiger partial charge >= 0.3 is 0 Å². The second-order valence-electron chi connectivity index (χ2n) is 4.60. The molecule has 0 aliphatic heterocycles. The van der Waals surface area contributed by atoms with Crippen molar-refractivity contribution in [3.63, 3.8) is 0 Å². The largest absolute Gasteiger partial charge is 0.329 e. The number of benzene rings is 1. The lowest BCUT2D eigenvalue weighted by molar-refractivity contribution is 0.405. The van der Waals surface area contributed by atoms with E-state index in [2.05, 4.69) is 60.2 Å². The van der Waals surface area contributed by atoms with Crippen LogP contribution in [0.4, 0.5) is 0 Å². The van der Waals surface area contributed by atoms with Gasteiger partial charge in [0.15, 0.2) is 0 Å². The maximum absolute atomic E-state index is 5.73. The molecule has 3 heteroatoms. The maximum Gasteiger partial charge on any atom is 0.0216 e. The van der Waals surface area contributed by atoms with E-state index in [4.69, 9.17) is 5.73 Å². The Morgan fingerprint density at radius 3 is 2.50 bits per heavy atom. The molecule has 1 aromatic carbocycles. The summed E-state index contributed by atoms with van der Waals surface area (Å²) in [4.78, 5) is 0. The minimum Gasteiger partial charge on any atom is -0.329 e. The van der Waals surface area contributed by atoms with Gasteiger partial charge in [0.25, 0.3) is 0 Å². The van der Waals surface area contributed by atoms with Gasteiger partial charge < -0.3 is 11.1 Å². The Morgan fingerprint density at radius 1 is 1.31 bits per heavy atom. The van der Waals surface area contributed by atoms with Crippen molar-refractivity contribution in [3.05, 3.63) is 33.8 Å². The lowest BCUT2D eigenvalue weighted by Gasteiger charge is -2.20. The Morgan fingerprint density at radius 2 is 2.00 bits per heavy atom. The Kier molecular flexibility index (Phi) is 5.46. The molecular weight excluding hydrogens is 264 g/mol. The summed E-state index contributed by atoms with van der Waals surface area (Å²) in [7, 11) is 0. The summed E-state index contributed by atoms with van der Waals surface area (Å²) in [5.74, 6) is 0.568. The molecule has 0 radical (unpaired) electrons. The number of nitrogens with two attached hydrogens (primary N) is 1. The molecule has 2 nitrogen and oxygen atoms in total. The standard InChI is InChI=1S/C13H21BrN2/c1-9(2)13(7-15)16-8-11-4-10(3)5-12(14)6-11/h4-6,9,13,16H,7-8,15H2,1-3H3. The molecule has 3 N–H and O–H groups in total. The van der Waals surface area contributed by atoms with Crippen molar-refractivity contribution in [2.75, 3.05) is 6.54 Å². The highest BCUT2D eigenvalue weighted by Gasteiger charge is 2.10. The van der Waals surface area contributed by atoms with Crippen molar-refractivity contribution in [2.45, 2.75) is 33.4 Å². The predicted molar refractivity (Wildman–Crippen MR) is 73.4 cm³/mol. The fourth-order valence-electron chi connectivity index (χ4n) is 1.75. The van der Waals surface area contributed by atoms with E-state index in [9.17, 15) is 0 Å². The zero-order valence-corrected chi connectivity index (χ0v) is 11.8. The summed E-state index contributed by atoms with van der Waals surface area (Å²) < 4.78 is 1.14. The van der Waals surface area contributed by atoms with Crippen LogP contribution in [0.15, 0.2) is 22.7 Å². The molecule has 0 saturated heterocycles. The average molecular weight is 285 g/mol. The topological polar surface area (TPSA) is 38.0 Å². The zero-order chi connectivity index (χ0) is 12.1. The van der Waals surface area contributed by atoms with Crippen LogP contribution in [-0.2, 0) is 6.54 Å². The van der Waals surface area contributed by atoms with Gasteiger partial charge in [0.1, 0.15) is 0 Å². The summed E-state index contributed by atoms with van der Waals surface area (Å²) in [6.07, 6.45) is 0. The molecule has 1 rings (SSSR count). The van der Waals surface area contributed by atoms with Gasteiger partial charge in [-0.05, 0) is 36.1 Å². The summed E-state index contributed by atoms with van der Waals surface area (Å²) >= 11 is 3.51. The molecule has 0 aromatic heterocycles. The normalized spacial score (nSPS) is 13.1. The first-order valence-electron chi connectivity index (χ1n) is 5.72. The van der Waals surface area contributed by atoms with Crippen LogP contribution in [0.3, 0.4) is 0 Å². The van der Waals surface area contributed by atoms with Gasteiger partial charge in [-0.3, -0.25) is 0 Å². The summed E-state index contributed by atoms with van der Waals surface area (Å²) in [6, 6.07) is 6.85. The third-order valence-electron chi connectivity index (χ3n) is 2.73. The molecule has 1 aromatic rings. The molecule has 0 aliphatic rings. The first-order chi connectivity index (χ1) is 7.52. The molecule has 0 heterocycles. The second kappa shape index (κ2) is 6.38. The van der Waals surface area contributed by atoms with Crippen LogP contribution in [0.2, 0.25) is 0 Å². The predicted octanol–water partition coefficient (Wildman–Crippen LogP) is 2.83. The number of aryl methyl sites for hydroxylation is 1. The van der Waals surface area contributed by atoms with E-state index in [0.717, 1.165) is 11.0 Å². The van der Waals surface area contributed by atoms with E-state index in [-0.39, 0.29) is 0 Å². The van der Waals surface area contributed by atoms with E-state index < -0.39 is 0 Å². The fraction of sp³-hybridized carbons (Fsp3) is 0.538. The van der Waals surface area contributed by atoms with Crippen LogP contribution in [0.1, 0.15) is 25.0 Å². The monoisotopic (exact) mass is 284 g/mol. The van der Waals surface area contributed by atoms with Gasteiger partial charge in [-0.25, -0.2) is 0 Å². The highest BCUT2D eigenvalue weighted by molar-refractivity contribution is 9.10. The van der Waals surface area contributed by atoms with Crippen molar-refractivity contribution < 1.29 is 0 Å². The van der Waals surface area contributed by atoms with Crippen molar-refractivity contribution in [1.82, 2.24) is 5.32 Å². The van der Waals surface area contributed by atoms with Gasteiger partial charge in [0, 0.05) is 23.6 Å². The summed E-state index contributed by atoms with van der Waals surface area (Å²) in [5, 5.41) is 3.49. The van der Waals surface area contributed by atoms with Crippen LogP contribution in [0, 0.1) is 12.8 Å². The molecule has 0 spiro atoms. The lowest BCUT2D eigenvalue weighted by atomic mass is 10.0. The van der Waals surface area contributed by atoms with Crippen molar-refractivity contribution in [3.8, 4) is 0 Å². The van der Waals surface area contributed by atoms with Gasteiger partial charge in [-0.1, -0.05) is 35.8 Å². The number of halogens is 1. The molecule has 16 heavy (non-hydrogen) atoms. The van der Waals surface area contributed by atoms with Crippen LogP contribution < -0.4 is 11.1 Å². The minimum atomic E-state index is 0.388. The van der Waals surface area contributed by atoms with E-state index in [1.807, 2.05) is 0 Å². The molecular formula is C13H21BrN2. The smallest absolute Gasteiger partial charge is 0.0216 e. The summed E-state index contributed by atoms with van der Waals surface area (Å²) in [6.45, 7) is 8.05. The van der Waals surface area contributed by atoms with Crippen LogP contribution in [0.5, 0.6) is 0 Å². The molecule has 0 bridgehead atoms. The molecule has 0 saturated carbocycles. The molecule has 1 atom stereocenters. The van der Waals surface area contributed by atoms with E-state index >= 15 is 0 Å². The Hall–Kier alpha value is -0.380. The Labute approximate surface area is 107 Å². The summed E-state index contributed by atoms with van der Waals surface area (Å²) in [5.41, 5.74) is 8.30. The lowest BCUT2D eigenvalue weighted by Crippen LogP contribution is -2.39. The van der Waals surface area contributed by atoms with E-state index in [1.54, 1.807) is 0 Å². The number of hydrogen-bond donors (Lipinski definition) is 2. The number of hydrogen-bond acceptors (Lipinski definition) is 2. The van der Waals surface area contributed by atoms with Crippen molar-refractivity contribution >= 4 is 15.9 Å². The van der Waals surface area contributed by atoms with Gasteiger partial charge in [-0.2, -0.15) is 0 Å². The minimum absolute atomic E-state index is 0.388. The highest BCUT2D eigenvalue weighted by atomic mass is 79.9. The molecule has 0 aliphatic carbocycles. The van der Waals surface area contributed by atoms with Gasteiger partial charge in [0.2, 0.25) is 0 Å². The first-order valence-corrected chi connectivity index (χ1v) is 6.51. The zero-order valence-electron chi connectivity index (χ0n) is 10.3. The third-order valence-corrected chi connectivity index (χ3v) is 3.19. The van der Waals surface area contributed by atoms with Crippen LogP contribution in [0.25, 0.3) is 0 Å². The Balaban J connectivity index is 2.60. The second-order valence-corrected chi connectivity index (χ2v) is 5.52. The average Bonchev–Trinajstić information content (AvgIpc) is 2.16. The van der Waals surface area contributed by atoms with Crippen LogP contribution >= 0.6 is 15.9 Å². The molecule has 1 unspecified atom stereocenters. The van der Waals surface area contributed by atoms with Gasteiger partial charge in [0.05, 0.1) is 0 Å². The van der Waals surface area contributed by atoms with E-state index in [0.29, 0.717) is 18.5 Å². The first kappa shape index (κ1) is 13.7. The number of rotatable bonds is 5. The van der Waals surface area contributed by atoms with Crippen molar-refractivity contribution in [1.29, 1.82) is 0 Å². The SMILES string of the molecule is Cc1cc(Br)cc(CNC(CN)C(C)C)c1. The van der Waals surface area contributed by atoms with Crippen molar-refractivity contribution in [2.24, 2.45) is 11.7 Å². The molecule has 0 fully saturated rings. The maximum atomic E-state index is 5.73. The molecule has 0 amide bonds. The highest BCUT2D eigenvalue weighted by Crippen LogP contribution is 2.15. The van der Waals surface area contributed by atoms with E-state index in [1.165, 1.54) is 11.1 Å². The van der Waals surface area contributed by atoms with Crippen LogP contribution in [-0.4, -0.2) is 12.6 Å². The van der Waals surface area contributed by atoms with Gasteiger partial charge in [-0.15, -0.1) is 0 Å². The quantitative estimate of drug-likeness (QED) is 0.873. The third kappa shape index (κ3) is 4.24. The Bertz CT molecular complexity index is 316. The fourth-order valence-corrected chi connectivity index (χ4v) is 2.41. The number of nitrogens with one attached hydrogen (secondary N) is 1.